The van der Waals surface area contributed by atoms with E-state index in [0.717, 1.165) is 10.4 Å². The van der Waals surface area contributed by atoms with E-state index in [-0.39, 0.29) is 11.5 Å². The third-order valence-electron chi connectivity index (χ3n) is 3.09. The Balaban J connectivity index is 2.13. The van der Waals surface area contributed by atoms with Crippen molar-refractivity contribution in [1.29, 1.82) is 0 Å². The van der Waals surface area contributed by atoms with Gasteiger partial charge in [0.2, 0.25) is 0 Å². The number of carboxylic acid groups (broad SMARTS) is 1. The first-order chi connectivity index (χ1) is 10.4. The summed E-state index contributed by atoms with van der Waals surface area (Å²) in [6.45, 7) is 5.92. The number of aromatic carboxylic acids is 1. The van der Waals surface area contributed by atoms with Crippen LogP contribution in [0.4, 0.5) is 15.5 Å². The molecule has 2 rings (SSSR count). The predicted molar refractivity (Wildman–Crippen MR) is 89.2 cm³/mol. The van der Waals surface area contributed by atoms with Crippen molar-refractivity contribution >= 4 is 34.0 Å². The van der Waals surface area contributed by atoms with Crippen LogP contribution < -0.4 is 10.6 Å². The number of benzene rings is 1. The molecule has 5 nitrogen and oxygen atoms in total. The molecular formula is C16H18N2O3S. The monoisotopic (exact) mass is 318 g/mol. The summed E-state index contributed by atoms with van der Waals surface area (Å²) in [7, 11) is 0. The Kier molecular flexibility index (Phi) is 4.82. The lowest BCUT2D eigenvalue weighted by Gasteiger charge is -2.07. The fourth-order valence-electron chi connectivity index (χ4n) is 1.85. The molecule has 0 fully saturated rings. The van der Waals surface area contributed by atoms with Crippen molar-refractivity contribution in [2.75, 3.05) is 10.6 Å². The Bertz CT molecular complexity index is 690. The van der Waals surface area contributed by atoms with Crippen LogP contribution in [0.3, 0.4) is 0 Å². The third-order valence-corrected chi connectivity index (χ3v) is 4.44. The maximum atomic E-state index is 12.0. The maximum Gasteiger partial charge on any atom is 0.338 e. The second-order valence-corrected chi connectivity index (χ2v) is 6.38. The van der Waals surface area contributed by atoms with Crippen molar-refractivity contribution in [2.24, 2.45) is 0 Å². The molecule has 2 amide bonds. The van der Waals surface area contributed by atoms with Crippen LogP contribution in [-0.2, 0) is 0 Å². The summed E-state index contributed by atoms with van der Waals surface area (Å²) in [5.74, 6) is -0.840. The molecule has 0 atom stereocenters. The van der Waals surface area contributed by atoms with E-state index < -0.39 is 12.0 Å². The van der Waals surface area contributed by atoms with E-state index >= 15 is 0 Å². The molecule has 0 aliphatic heterocycles. The number of anilines is 2. The molecule has 0 saturated heterocycles. The smallest absolute Gasteiger partial charge is 0.338 e. The van der Waals surface area contributed by atoms with E-state index in [9.17, 15) is 14.7 Å². The first-order valence-electron chi connectivity index (χ1n) is 6.88. The van der Waals surface area contributed by atoms with E-state index in [1.165, 1.54) is 11.3 Å². The summed E-state index contributed by atoms with van der Waals surface area (Å²) in [6, 6.07) is 8.52. The fourth-order valence-corrected chi connectivity index (χ4v) is 2.90. The van der Waals surface area contributed by atoms with Gasteiger partial charge in [-0.3, -0.25) is 5.32 Å². The Morgan fingerprint density at radius 1 is 1.14 bits per heavy atom. The van der Waals surface area contributed by atoms with Gasteiger partial charge in [-0.2, -0.15) is 0 Å². The topological polar surface area (TPSA) is 78.4 Å². The average molecular weight is 318 g/mol. The molecule has 0 aliphatic rings. The van der Waals surface area contributed by atoms with Crippen LogP contribution in [0.1, 0.15) is 40.6 Å². The molecule has 0 aliphatic carbocycles. The molecule has 1 aromatic heterocycles. The number of thiophene rings is 1. The van der Waals surface area contributed by atoms with Crippen molar-refractivity contribution in [2.45, 2.75) is 26.7 Å². The molecule has 2 aromatic rings. The van der Waals surface area contributed by atoms with Crippen LogP contribution >= 0.6 is 11.3 Å². The number of rotatable bonds is 4. The number of urea groups is 1. The van der Waals surface area contributed by atoms with E-state index in [4.69, 9.17) is 0 Å². The van der Waals surface area contributed by atoms with Gasteiger partial charge in [-0.25, -0.2) is 9.59 Å². The van der Waals surface area contributed by atoms with Crippen LogP contribution in [0.25, 0.3) is 0 Å². The van der Waals surface area contributed by atoms with E-state index in [2.05, 4.69) is 10.6 Å². The zero-order valence-electron chi connectivity index (χ0n) is 12.6. The van der Waals surface area contributed by atoms with Gasteiger partial charge in [0.25, 0.3) is 0 Å². The van der Waals surface area contributed by atoms with Crippen molar-refractivity contribution in [3.05, 3.63) is 46.3 Å². The average Bonchev–Trinajstić information content (AvgIpc) is 2.85. The van der Waals surface area contributed by atoms with Crippen LogP contribution in [0.15, 0.2) is 30.3 Å². The van der Waals surface area contributed by atoms with Crippen molar-refractivity contribution in [3.8, 4) is 0 Å². The highest BCUT2D eigenvalue weighted by Gasteiger charge is 2.18. The standard InChI is InChI=1S/C16H18N2O3S/c1-9(2)13-8-12(15(19)20)14(22-13)18-16(21)17-11-6-4-10(3)5-7-11/h4-9H,1-3H3,(H,19,20)(H2,17,18,21). The highest BCUT2D eigenvalue weighted by atomic mass is 32.1. The number of hydrogen-bond donors (Lipinski definition) is 3. The van der Waals surface area contributed by atoms with Crippen LogP contribution in [-0.4, -0.2) is 17.1 Å². The molecule has 0 saturated carbocycles. The summed E-state index contributed by atoms with van der Waals surface area (Å²) in [5.41, 5.74) is 1.87. The highest BCUT2D eigenvalue weighted by molar-refractivity contribution is 7.16. The number of carboxylic acids is 1. The molecule has 0 spiro atoms. The van der Waals surface area contributed by atoms with Gasteiger partial charge in [-0.15, -0.1) is 11.3 Å². The number of amides is 2. The van der Waals surface area contributed by atoms with Gasteiger partial charge in [0.15, 0.2) is 0 Å². The molecule has 1 heterocycles. The molecule has 6 heteroatoms. The van der Waals surface area contributed by atoms with Crippen LogP contribution in [0.5, 0.6) is 0 Å². The van der Waals surface area contributed by atoms with Gasteiger partial charge in [-0.1, -0.05) is 31.5 Å². The summed E-state index contributed by atoms with van der Waals surface area (Å²) in [6.07, 6.45) is 0. The quantitative estimate of drug-likeness (QED) is 0.775. The molecule has 0 bridgehead atoms. The lowest BCUT2D eigenvalue weighted by molar-refractivity contribution is 0.0698. The van der Waals surface area contributed by atoms with E-state index in [0.29, 0.717) is 10.7 Å². The number of carbonyl (C=O) groups is 2. The minimum absolute atomic E-state index is 0.118. The fraction of sp³-hybridized carbons (Fsp3) is 0.250. The van der Waals surface area contributed by atoms with Gasteiger partial charge in [-0.05, 0) is 31.0 Å². The SMILES string of the molecule is Cc1ccc(NC(=O)Nc2sc(C(C)C)cc2C(=O)O)cc1. The Morgan fingerprint density at radius 2 is 1.77 bits per heavy atom. The van der Waals surface area contributed by atoms with E-state index in [1.807, 2.05) is 32.9 Å². The van der Waals surface area contributed by atoms with Crippen LogP contribution in [0.2, 0.25) is 0 Å². The second kappa shape index (κ2) is 6.62. The molecule has 0 radical (unpaired) electrons. The zero-order chi connectivity index (χ0) is 16.3. The normalized spacial score (nSPS) is 10.5. The van der Waals surface area contributed by atoms with Gasteiger partial charge in [0, 0.05) is 10.6 Å². The van der Waals surface area contributed by atoms with E-state index in [1.54, 1.807) is 18.2 Å². The number of carbonyl (C=O) groups excluding carboxylic acids is 1. The Morgan fingerprint density at radius 3 is 2.32 bits per heavy atom. The molecule has 1 aromatic carbocycles. The molecule has 0 unspecified atom stereocenters. The van der Waals surface area contributed by atoms with Gasteiger partial charge >= 0.3 is 12.0 Å². The van der Waals surface area contributed by atoms with Gasteiger partial charge in [0.05, 0.1) is 5.56 Å². The molecule has 3 N–H and O–H groups in total. The van der Waals surface area contributed by atoms with Crippen molar-refractivity contribution in [3.63, 3.8) is 0 Å². The maximum absolute atomic E-state index is 12.0. The number of aryl methyl sites for hydroxylation is 1. The summed E-state index contributed by atoms with van der Waals surface area (Å²) in [4.78, 5) is 24.2. The Hall–Kier alpha value is -2.34. The Labute approximate surface area is 133 Å². The molecule has 116 valence electrons. The van der Waals surface area contributed by atoms with Crippen molar-refractivity contribution < 1.29 is 14.7 Å². The number of hydrogen-bond acceptors (Lipinski definition) is 3. The summed E-state index contributed by atoms with van der Waals surface area (Å²) < 4.78 is 0. The largest absolute Gasteiger partial charge is 0.478 e. The second-order valence-electron chi connectivity index (χ2n) is 5.30. The minimum atomic E-state index is -1.05. The predicted octanol–water partition coefficient (Wildman–Crippen LogP) is 4.52. The highest BCUT2D eigenvalue weighted by Crippen LogP contribution is 2.33. The molecule has 22 heavy (non-hydrogen) atoms. The minimum Gasteiger partial charge on any atom is -0.478 e. The van der Waals surface area contributed by atoms with Gasteiger partial charge in [0.1, 0.15) is 5.00 Å². The lowest BCUT2D eigenvalue weighted by Crippen LogP contribution is -2.19. The first-order valence-corrected chi connectivity index (χ1v) is 7.70. The lowest BCUT2D eigenvalue weighted by atomic mass is 10.1. The first kappa shape index (κ1) is 16.0. The molecular weight excluding hydrogens is 300 g/mol. The summed E-state index contributed by atoms with van der Waals surface area (Å²) in [5, 5.41) is 14.9. The van der Waals surface area contributed by atoms with Crippen molar-refractivity contribution in [1.82, 2.24) is 0 Å². The van der Waals surface area contributed by atoms with Gasteiger partial charge < -0.3 is 10.4 Å². The summed E-state index contributed by atoms with van der Waals surface area (Å²) >= 11 is 1.28. The van der Waals surface area contributed by atoms with Crippen LogP contribution in [0, 0.1) is 6.92 Å². The third kappa shape index (κ3) is 3.85. The zero-order valence-corrected chi connectivity index (χ0v) is 13.5. The number of nitrogens with one attached hydrogen (secondary N) is 2.